The first-order valence-electron chi connectivity index (χ1n) is 10.2. The predicted molar refractivity (Wildman–Crippen MR) is 115 cm³/mol. The molecule has 4 rings (SSSR count). The molecule has 1 aliphatic heterocycles. The van der Waals surface area contributed by atoms with Crippen LogP contribution in [0.3, 0.4) is 0 Å². The Labute approximate surface area is 176 Å². The lowest BCUT2D eigenvalue weighted by Crippen LogP contribution is -2.36. The van der Waals surface area contributed by atoms with E-state index >= 15 is 0 Å². The number of amides is 1. The van der Waals surface area contributed by atoms with Gasteiger partial charge in [-0.2, -0.15) is 10.4 Å². The van der Waals surface area contributed by atoms with Crippen LogP contribution >= 0.6 is 0 Å². The summed E-state index contributed by atoms with van der Waals surface area (Å²) >= 11 is 0. The van der Waals surface area contributed by atoms with E-state index in [2.05, 4.69) is 21.3 Å². The summed E-state index contributed by atoms with van der Waals surface area (Å²) in [5.41, 5.74) is 2.88. The highest BCUT2D eigenvalue weighted by Gasteiger charge is 2.29. The molecule has 2 aromatic heterocycles. The molecule has 3 aromatic rings. The Hall–Kier alpha value is -3.66. The molecule has 1 aromatic carbocycles. The summed E-state index contributed by atoms with van der Waals surface area (Å²) in [6, 6.07) is 15.6. The lowest BCUT2D eigenvalue weighted by molar-refractivity contribution is 0.0954. The van der Waals surface area contributed by atoms with Crippen molar-refractivity contribution in [2.75, 3.05) is 24.5 Å². The molecular formula is C23H24N6O. The molecule has 0 aliphatic carbocycles. The third-order valence-electron chi connectivity index (χ3n) is 5.36. The van der Waals surface area contributed by atoms with E-state index in [-0.39, 0.29) is 11.8 Å². The van der Waals surface area contributed by atoms with E-state index in [0.29, 0.717) is 30.0 Å². The fourth-order valence-corrected chi connectivity index (χ4v) is 3.96. The molecule has 1 N–H and O–H groups in total. The molecule has 3 heterocycles. The second kappa shape index (κ2) is 8.78. The monoisotopic (exact) mass is 400 g/mol. The van der Waals surface area contributed by atoms with Crippen molar-refractivity contribution < 1.29 is 4.79 Å². The first kappa shape index (κ1) is 19.6. The van der Waals surface area contributed by atoms with Gasteiger partial charge in [0.25, 0.3) is 5.91 Å². The quantitative estimate of drug-likeness (QED) is 0.710. The molecule has 1 amide bonds. The zero-order valence-corrected chi connectivity index (χ0v) is 17.0. The smallest absolute Gasteiger partial charge is 0.254 e. The van der Waals surface area contributed by atoms with Gasteiger partial charge in [-0.25, -0.2) is 9.67 Å². The molecule has 1 aliphatic rings. The Morgan fingerprint density at radius 2 is 2.10 bits per heavy atom. The Morgan fingerprint density at radius 1 is 1.27 bits per heavy atom. The first-order chi connectivity index (χ1) is 14.7. The molecule has 0 radical (unpaired) electrons. The van der Waals surface area contributed by atoms with E-state index in [9.17, 15) is 10.1 Å². The molecule has 30 heavy (non-hydrogen) atoms. The second-order valence-electron chi connectivity index (χ2n) is 7.34. The molecule has 1 atom stereocenters. The standard InChI is InChI=1S/C23H24N6O/c1-2-25-23(30)20-16-29(19-10-4-3-5-11-19)27-21(20)18-9-7-13-28(15-18)22-17(14-24)8-6-12-26-22/h3-6,8,10-12,16,18H,2,7,9,13,15H2,1H3,(H,25,30)/t18-/m1/s1. The fraction of sp³-hybridized carbons (Fsp3) is 0.304. The zero-order chi connectivity index (χ0) is 20.9. The maximum Gasteiger partial charge on any atom is 0.254 e. The SMILES string of the molecule is CCNC(=O)c1cn(-c2ccccc2)nc1[C@@H]1CCCN(c2ncccc2C#N)C1. The van der Waals surface area contributed by atoms with E-state index in [1.54, 1.807) is 23.0 Å². The van der Waals surface area contributed by atoms with Crippen molar-refractivity contribution in [3.8, 4) is 11.8 Å². The average Bonchev–Trinajstić information content (AvgIpc) is 3.26. The summed E-state index contributed by atoms with van der Waals surface area (Å²) in [5, 5.41) is 17.2. The number of para-hydroxylation sites is 1. The maximum atomic E-state index is 12.8. The van der Waals surface area contributed by atoms with Gasteiger partial charge in [0, 0.05) is 37.9 Å². The summed E-state index contributed by atoms with van der Waals surface area (Å²) in [4.78, 5) is 19.3. The predicted octanol–water partition coefficient (Wildman–Crippen LogP) is 3.27. The third-order valence-corrected chi connectivity index (χ3v) is 5.36. The number of nitrogens with zero attached hydrogens (tertiary/aromatic N) is 5. The van der Waals surface area contributed by atoms with E-state index in [0.717, 1.165) is 30.8 Å². The number of piperidine rings is 1. The van der Waals surface area contributed by atoms with E-state index in [4.69, 9.17) is 5.10 Å². The number of carbonyl (C=O) groups excluding carboxylic acids is 1. The van der Waals surface area contributed by atoms with Gasteiger partial charge in [-0.15, -0.1) is 0 Å². The van der Waals surface area contributed by atoms with Crippen molar-refractivity contribution in [1.82, 2.24) is 20.1 Å². The summed E-state index contributed by atoms with van der Waals surface area (Å²) < 4.78 is 1.78. The van der Waals surface area contributed by atoms with Crippen molar-refractivity contribution >= 4 is 11.7 Å². The molecule has 0 saturated carbocycles. The van der Waals surface area contributed by atoms with Gasteiger partial charge < -0.3 is 10.2 Å². The van der Waals surface area contributed by atoms with Crippen LogP contribution in [0.15, 0.2) is 54.9 Å². The number of pyridine rings is 1. The van der Waals surface area contributed by atoms with Crippen molar-refractivity contribution in [2.24, 2.45) is 0 Å². The van der Waals surface area contributed by atoms with Crippen molar-refractivity contribution in [3.05, 3.63) is 71.7 Å². The summed E-state index contributed by atoms with van der Waals surface area (Å²) in [6.45, 7) is 3.97. The number of anilines is 1. The van der Waals surface area contributed by atoms with E-state index < -0.39 is 0 Å². The number of hydrogen-bond acceptors (Lipinski definition) is 5. The topological polar surface area (TPSA) is 86.8 Å². The average molecular weight is 400 g/mol. The number of rotatable bonds is 5. The Kier molecular flexibility index (Phi) is 5.75. The van der Waals surface area contributed by atoms with Crippen LogP contribution in [0.1, 0.15) is 47.3 Å². The van der Waals surface area contributed by atoms with Gasteiger partial charge in [0.15, 0.2) is 0 Å². The van der Waals surface area contributed by atoms with Crippen LogP contribution in [-0.2, 0) is 0 Å². The van der Waals surface area contributed by atoms with Crippen molar-refractivity contribution in [2.45, 2.75) is 25.7 Å². The van der Waals surface area contributed by atoms with Gasteiger partial charge in [0.05, 0.1) is 22.5 Å². The minimum Gasteiger partial charge on any atom is -0.355 e. The van der Waals surface area contributed by atoms with Crippen LogP contribution < -0.4 is 10.2 Å². The molecule has 0 bridgehead atoms. The first-order valence-corrected chi connectivity index (χ1v) is 10.2. The van der Waals surface area contributed by atoms with E-state index in [1.807, 2.05) is 43.5 Å². The zero-order valence-electron chi connectivity index (χ0n) is 17.0. The fourth-order valence-electron chi connectivity index (χ4n) is 3.96. The van der Waals surface area contributed by atoms with Crippen LogP contribution in [0, 0.1) is 11.3 Å². The highest BCUT2D eigenvalue weighted by molar-refractivity contribution is 5.95. The minimum absolute atomic E-state index is 0.0786. The maximum absolute atomic E-state index is 12.8. The van der Waals surface area contributed by atoms with Gasteiger partial charge in [0.2, 0.25) is 0 Å². The summed E-state index contributed by atoms with van der Waals surface area (Å²) in [7, 11) is 0. The van der Waals surface area contributed by atoms with Crippen LogP contribution in [0.2, 0.25) is 0 Å². The third kappa shape index (κ3) is 3.90. The second-order valence-corrected chi connectivity index (χ2v) is 7.34. The van der Waals surface area contributed by atoms with Gasteiger partial charge >= 0.3 is 0 Å². The van der Waals surface area contributed by atoms with Crippen LogP contribution in [0.4, 0.5) is 5.82 Å². The van der Waals surface area contributed by atoms with Crippen LogP contribution in [0.25, 0.3) is 5.69 Å². The Balaban J connectivity index is 1.69. The number of hydrogen-bond donors (Lipinski definition) is 1. The molecule has 152 valence electrons. The Bertz CT molecular complexity index is 1070. The number of aromatic nitrogens is 3. The van der Waals surface area contributed by atoms with Crippen molar-refractivity contribution in [1.29, 1.82) is 5.26 Å². The lowest BCUT2D eigenvalue weighted by Gasteiger charge is -2.33. The molecule has 0 unspecified atom stereocenters. The Morgan fingerprint density at radius 3 is 2.87 bits per heavy atom. The van der Waals surface area contributed by atoms with Crippen LogP contribution in [0.5, 0.6) is 0 Å². The van der Waals surface area contributed by atoms with Gasteiger partial charge in [-0.1, -0.05) is 18.2 Å². The van der Waals surface area contributed by atoms with Gasteiger partial charge in [-0.3, -0.25) is 4.79 Å². The number of benzene rings is 1. The molecule has 0 spiro atoms. The normalized spacial score (nSPS) is 16.1. The summed E-state index contributed by atoms with van der Waals surface area (Å²) in [6.07, 6.45) is 5.41. The number of nitrogens with one attached hydrogen (secondary N) is 1. The van der Waals surface area contributed by atoms with Crippen molar-refractivity contribution in [3.63, 3.8) is 0 Å². The number of carbonyl (C=O) groups is 1. The highest BCUT2D eigenvalue weighted by atomic mass is 16.1. The van der Waals surface area contributed by atoms with E-state index in [1.165, 1.54) is 0 Å². The lowest BCUT2D eigenvalue weighted by atomic mass is 9.92. The van der Waals surface area contributed by atoms with Crippen LogP contribution in [-0.4, -0.2) is 40.3 Å². The summed E-state index contributed by atoms with van der Waals surface area (Å²) in [5.74, 6) is 0.670. The molecule has 7 nitrogen and oxygen atoms in total. The molecule has 1 fully saturated rings. The minimum atomic E-state index is -0.109. The molecule has 1 saturated heterocycles. The van der Waals surface area contributed by atoms with Gasteiger partial charge in [0.1, 0.15) is 11.9 Å². The highest BCUT2D eigenvalue weighted by Crippen LogP contribution is 2.32. The number of nitriles is 1. The molecular weight excluding hydrogens is 376 g/mol. The molecule has 7 heteroatoms. The van der Waals surface area contributed by atoms with Gasteiger partial charge in [-0.05, 0) is 44.0 Å². The largest absolute Gasteiger partial charge is 0.355 e.